The highest BCUT2D eigenvalue weighted by molar-refractivity contribution is 5.23. The lowest BCUT2D eigenvalue weighted by Crippen LogP contribution is -2.38. The molecule has 2 N–H and O–H groups in total. The maximum atomic E-state index is 13.4. The van der Waals surface area contributed by atoms with Crippen LogP contribution in [-0.4, -0.2) is 37.2 Å². The summed E-state index contributed by atoms with van der Waals surface area (Å²) in [5, 5.41) is 0. The standard InChI is InChI=1S/C16H23FN2O/c17-14-5-1-2-7-16(14)20-9-8-19-10-12-4-3-6-15(18)13(12)11-19/h1-2,5,7,12-13,15H,3-4,6,8-11,18H2. The third-order valence-electron chi connectivity index (χ3n) is 4.73. The predicted octanol–water partition coefficient (Wildman–Crippen LogP) is 2.26. The average Bonchev–Trinajstić information content (AvgIpc) is 2.85. The highest BCUT2D eigenvalue weighted by Gasteiger charge is 2.38. The summed E-state index contributed by atoms with van der Waals surface area (Å²) in [5.74, 6) is 1.47. The Bertz CT molecular complexity index is 454. The van der Waals surface area contributed by atoms with Gasteiger partial charge in [-0.3, -0.25) is 4.90 Å². The highest BCUT2D eigenvalue weighted by atomic mass is 19.1. The van der Waals surface area contributed by atoms with Gasteiger partial charge in [0, 0.05) is 25.7 Å². The first-order valence-corrected chi connectivity index (χ1v) is 7.59. The molecule has 1 aliphatic carbocycles. The molecule has 3 atom stereocenters. The fourth-order valence-corrected chi connectivity index (χ4v) is 3.64. The zero-order valence-electron chi connectivity index (χ0n) is 11.8. The van der Waals surface area contributed by atoms with Gasteiger partial charge in [0.15, 0.2) is 11.6 Å². The van der Waals surface area contributed by atoms with E-state index in [9.17, 15) is 4.39 Å². The minimum absolute atomic E-state index is 0.287. The molecule has 0 amide bonds. The Balaban J connectivity index is 1.47. The number of nitrogens with two attached hydrogens (primary N) is 1. The van der Waals surface area contributed by atoms with Crippen LogP contribution < -0.4 is 10.5 Å². The van der Waals surface area contributed by atoms with Crippen LogP contribution in [0.4, 0.5) is 4.39 Å². The van der Waals surface area contributed by atoms with E-state index in [1.807, 2.05) is 0 Å². The van der Waals surface area contributed by atoms with Crippen molar-refractivity contribution in [2.45, 2.75) is 25.3 Å². The molecule has 1 aromatic rings. The van der Waals surface area contributed by atoms with Gasteiger partial charge in [0.05, 0.1) is 0 Å². The molecule has 1 aliphatic heterocycles. The summed E-state index contributed by atoms with van der Waals surface area (Å²) >= 11 is 0. The first kappa shape index (κ1) is 13.8. The average molecular weight is 278 g/mol. The SMILES string of the molecule is NC1CCCC2CN(CCOc3ccccc3F)CC12. The lowest BCUT2D eigenvalue weighted by atomic mass is 9.78. The molecule has 2 aliphatic rings. The maximum Gasteiger partial charge on any atom is 0.165 e. The Kier molecular flexibility index (Phi) is 4.22. The fourth-order valence-electron chi connectivity index (χ4n) is 3.64. The van der Waals surface area contributed by atoms with Crippen LogP contribution in [0.5, 0.6) is 5.75 Å². The molecule has 3 rings (SSSR count). The molecule has 110 valence electrons. The maximum absolute atomic E-state index is 13.4. The molecular formula is C16H23FN2O. The van der Waals surface area contributed by atoms with E-state index in [1.54, 1.807) is 18.2 Å². The summed E-state index contributed by atoms with van der Waals surface area (Å²) in [6.07, 6.45) is 3.74. The Morgan fingerprint density at radius 2 is 2.10 bits per heavy atom. The smallest absolute Gasteiger partial charge is 0.165 e. The number of halogens is 1. The number of likely N-dealkylation sites (tertiary alicyclic amines) is 1. The summed E-state index contributed by atoms with van der Waals surface area (Å²) in [6, 6.07) is 6.94. The lowest BCUT2D eigenvalue weighted by molar-refractivity contribution is 0.224. The van der Waals surface area contributed by atoms with Crippen molar-refractivity contribution in [1.82, 2.24) is 4.90 Å². The van der Waals surface area contributed by atoms with E-state index in [0.717, 1.165) is 25.6 Å². The number of rotatable bonds is 4. The molecule has 4 heteroatoms. The largest absolute Gasteiger partial charge is 0.489 e. The van der Waals surface area contributed by atoms with Gasteiger partial charge in [-0.2, -0.15) is 0 Å². The monoisotopic (exact) mass is 278 g/mol. The zero-order valence-corrected chi connectivity index (χ0v) is 11.8. The quantitative estimate of drug-likeness (QED) is 0.918. The van der Waals surface area contributed by atoms with Gasteiger partial charge in [0.2, 0.25) is 0 Å². The number of hydrogen-bond donors (Lipinski definition) is 1. The third-order valence-corrected chi connectivity index (χ3v) is 4.73. The van der Waals surface area contributed by atoms with Gasteiger partial charge >= 0.3 is 0 Å². The minimum Gasteiger partial charge on any atom is -0.489 e. The van der Waals surface area contributed by atoms with E-state index < -0.39 is 0 Å². The summed E-state index contributed by atoms with van der Waals surface area (Å²) in [6.45, 7) is 3.59. The first-order valence-electron chi connectivity index (χ1n) is 7.59. The van der Waals surface area contributed by atoms with Crippen LogP contribution in [0.3, 0.4) is 0 Å². The van der Waals surface area contributed by atoms with Gasteiger partial charge in [0.1, 0.15) is 6.61 Å². The van der Waals surface area contributed by atoms with Crippen LogP contribution in [0.1, 0.15) is 19.3 Å². The van der Waals surface area contributed by atoms with E-state index in [-0.39, 0.29) is 5.82 Å². The molecule has 3 nitrogen and oxygen atoms in total. The molecule has 1 saturated carbocycles. The number of hydrogen-bond acceptors (Lipinski definition) is 3. The number of para-hydroxylation sites is 1. The minimum atomic E-state index is -0.287. The van der Waals surface area contributed by atoms with Crippen molar-refractivity contribution in [3.05, 3.63) is 30.1 Å². The van der Waals surface area contributed by atoms with E-state index in [2.05, 4.69) is 4.90 Å². The number of ether oxygens (including phenoxy) is 1. The van der Waals surface area contributed by atoms with Crippen molar-refractivity contribution >= 4 is 0 Å². The molecule has 2 fully saturated rings. The summed E-state index contributed by atoms with van der Waals surface area (Å²) in [5.41, 5.74) is 6.21. The van der Waals surface area contributed by atoms with Crippen LogP contribution in [0.2, 0.25) is 0 Å². The third kappa shape index (κ3) is 2.96. The van der Waals surface area contributed by atoms with Crippen molar-refractivity contribution in [2.24, 2.45) is 17.6 Å². The van der Waals surface area contributed by atoms with E-state index >= 15 is 0 Å². The molecule has 0 aromatic heterocycles. The molecule has 3 unspecified atom stereocenters. The lowest BCUT2D eigenvalue weighted by Gasteiger charge is -2.29. The van der Waals surface area contributed by atoms with Crippen molar-refractivity contribution in [2.75, 3.05) is 26.2 Å². The second-order valence-electron chi connectivity index (χ2n) is 6.06. The second kappa shape index (κ2) is 6.10. The van der Waals surface area contributed by atoms with Crippen LogP contribution in [0, 0.1) is 17.7 Å². The fraction of sp³-hybridized carbons (Fsp3) is 0.625. The van der Waals surface area contributed by atoms with Crippen molar-refractivity contribution in [3.63, 3.8) is 0 Å². The van der Waals surface area contributed by atoms with E-state index in [4.69, 9.17) is 10.5 Å². The Morgan fingerprint density at radius 3 is 2.90 bits per heavy atom. The molecule has 20 heavy (non-hydrogen) atoms. The Morgan fingerprint density at radius 1 is 1.25 bits per heavy atom. The van der Waals surface area contributed by atoms with Crippen molar-refractivity contribution in [3.8, 4) is 5.75 Å². The molecule has 0 radical (unpaired) electrons. The van der Waals surface area contributed by atoms with Gasteiger partial charge < -0.3 is 10.5 Å². The van der Waals surface area contributed by atoms with Crippen molar-refractivity contribution in [1.29, 1.82) is 0 Å². The van der Waals surface area contributed by atoms with Crippen LogP contribution in [0.25, 0.3) is 0 Å². The van der Waals surface area contributed by atoms with Gasteiger partial charge in [-0.05, 0) is 36.8 Å². The van der Waals surface area contributed by atoms with E-state index in [1.165, 1.54) is 25.3 Å². The molecule has 0 spiro atoms. The normalized spacial score (nSPS) is 30.2. The number of fused-ring (bicyclic) bond motifs is 1. The zero-order chi connectivity index (χ0) is 13.9. The number of nitrogens with zero attached hydrogens (tertiary/aromatic N) is 1. The summed E-state index contributed by atoms with van der Waals surface area (Å²) < 4.78 is 19.0. The second-order valence-corrected chi connectivity index (χ2v) is 6.06. The molecule has 0 bridgehead atoms. The molecule has 1 heterocycles. The Labute approximate surface area is 119 Å². The van der Waals surface area contributed by atoms with Crippen LogP contribution in [0.15, 0.2) is 24.3 Å². The summed E-state index contributed by atoms with van der Waals surface area (Å²) in [4.78, 5) is 2.42. The predicted molar refractivity (Wildman–Crippen MR) is 77.1 cm³/mol. The van der Waals surface area contributed by atoms with E-state index in [0.29, 0.717) is 24.3 Å². The molecular weight excluding hydrogens is 255 g/mol. The molecule has 1 saturated heterocycles. The topological polar surface area (TPSA) is 38.5 Å². The van der Waals surface area contributed by atoms with Crippen molar-refractivity contribution < 1.29 is 9.13 Å². The van der Waals surface area contributed by atoms with Gasteiger partial charge in [0.25, 0.3) is 0 Å². The molecule has 1 aromatic carbocycles. The highest BCUT2D eigenvalue weighted by Crippen LogP contribution is 2.35. The van der Waals surface area contributed by atoms with Gasteiger partial charge in [-0.25, -0.2) is 4.39 Å². The Hall–Kier alpha value is -1.13. The van der Waals surface area contributed by atoms with Gasteiger partial charge in [-0.1, -0.05) is 18.6 Å². The van der Waals surface area contributed by atoms with Crippen LogP contribution >= 0.6 is 0 Å². The first-order chi connectivity index (χ1) is 9.74. The van der Waals surface area contributed by atoms with Gasteiger partial charge in [-0.15, -0.1) is 0 Å². The summed E-state index contributed by atoms with van der Waals surface area (Å²) in [7, 11) is 0. The van der Waals surface area contributed by atoms with Crippen LogP contribution in [-0.2, 0) is 0 Å². The number of benzene rings is 1.